The van der Waals surface area contributed by atoms with Crippen LogP contribution in [0.3, 0.4) is 0 Å². The highest BCUT2D eigenvalue weighted by atomic mass is 16.4. The number of aromatic nitrogens is 1. The standard InChI is InChI=1S/C13H9NO3/c15-11-3-4-12-8(6-11)1-2-10-5-9(13(16)17)7-14(10)12/h1-7,15H,(H,16,17). The topological polar surface area (TPSA) is 61.9 Å². The largest absolute Gasteiger partial charge is 0.508 e. The molecule has 0 saturated carbocycles. The quantitative estimate of drug-likeness (QED) is 0.671. The molecule has 0 aliphatic heterocycles. The molecule has 3 rings (SSSR count). The van der Waals surface area contributed by atoms with Gasteiger partial charge in [0.15, 0.2) is 0 Å². The summed E-state index contributed by atoms with van der Waals surface area (Å²) in [5, 5.41) is 19.2. The Kier molecular flexibility index (Phi) is 1.86. The molecule has 2 aromatic heterocycles. The molecule has 0 fully saturated rings. The van der Waals surface area contributed by atoms with Crippen LogP contribution in [0.15, 0.2) is 42.6 Å². The molecule has 1 aromatic carbocycles. The van der Waals surface area contributed by atoms with Gasteiger partial charge in [0.05, 0.1) is 11.1 Å². The summed E-state index contributed by atoms with van der Waals surface area (Å²) >= 11 is 0. The highest BCUT2D eigenvalue weighted by molar-refractivity contribution is 5.92. The van der Waals surface area contributed by atoms with Gasteiger partial charge in [-0.3, -0.25) is 0 Å². The summed E-state index contributed by atoms with van der Waals surface area (Å²) in [6, 6.07) is 10.3. The second-order valence-corrected chi connectivity index (χ2v) is 3.91. The van der Waals surface area contributed by atoms with E-state index in [4.69, 9.17) is 5.11 Å². The normalized spacial score (nSPS) is 11.1. The number of hydrogen-bond acceptors (Lipinski definition) is 2. The van der Waals surface area contributed by atoms with Gasteiger partial charge in [-0.1, -0.05) is 6.07 Å². The molecule has 0 radical (unpaired) electrons. The number of carboxylic acids is 1. The van der Waals surface area contributed by atoms with Gasteiger partial charge in [0.2, 0.25) is 0 Å². The number of phenols is 1. The molecule has 2 N–H and O–H groups in total. The van der Waals surface area contributed by atoms with Crippen LogP contribution in [0, 0.1) is 0 Å². The fourth-order valence-electron chi connectivity index (χ4n) is 2.00. The lowest BCUT2D eigenvalue weighted by Gasteiger charge is -2.02. The summed E-state index contributed by atoms with van der Waals surface area (Å²) < 4.78 is 1.80. The Morgan fingerprint density at radius 1 is 1.12 bits per heavy atom. The van der Waals surface area contributed by atoms with Gasteiger partial charge in [-0.05, 0) is 30.3 Å². The molecule has 0 unspecified atom stereocenters. The van der Waals surface area contributed by atoms with Crippen LogP contribution >= 0.6 is 0 Å². The van der Waals surface area contributed by atoms with Crippen molar-refractivity contribution in [2.75, 3.05) is 0 Å². The first-order chi connectivity index (χ1) is 8.15. The van der Waals surface area contributed by atoms with Gasteiger partial charge in [-0.15, -0.1) is 0 Å². The lowest BCUT2D eigenvalue weighted by molar-refractivity contribution is 0.0697. The molecule has 0 aliphatic rings. The highest BCUT2D eigenvalue weighted by Crippen LogP contribution is 2.23. The van der Waals surface area contributed by atoms with Crippen molar-refractivity contribution >= 4 is 22.4 Å². The van der Waals surface area contributed by atoms with Crippen LogP contribution < -0.4 is 0 Å². The number of fused-ring (bicyclic) bond motifs is 3. The Hall–Kier alpha value is -2.49. The number of aromatic hydroxyl groups is 1. The predicted octanol–water partition coefficient (Wildman–Crippen LogP) is 2.50. The van der Waals surface area contributed by atoms with Gasteiger partial charge in [-0.2, -0.15) is 0 Å². The molecule has 0 atom stereocenters. The van der Waals surface area contributed by atoms with Crippen LogP contribution in [0.5, 0.6) is 5.75 Å². The zero-order valence-electron chi connectivity index (χ0n) is 8.79. The van der Waals surface area contributed by atoms with E-state index in [0.29, 0.717) is 0 Å². The summed E-state index contributed by atoms with van der Waals surface area (Å²) in [6.07, 6.45) is 1.58. The first-order valence-corrected chi connectivity index (χ1v) is 5.12. The van der Waals surface area contributed by atoms with E-state index in [1.807, 2.05) is 12.1 Å². The van der Waals surface area contributed by atoms with Crippen molar-refractivity contribution in [2.45, 2.75) is 0 Å². The molecule has 3 aromatic rings. The number of benzene rings is 1. The second-order valence-electron chi connectivity index (χ2n) is 3.91. The molecular formula is C13H9NO3. The predicted molar refractivity (Wildman–Crippen MR) is 63.5 cm³/mol. The van der Waals surface area contributed by atoms with Crippen molar-refractivity contribution in [3.63, 3.8) is 0 Å². The van der Waals surface area contributed by atoms with Crippen molar-refractivity contribution in [1.29, 1.82) is 0 Å². The van der Waals surface area contributed by atoms with E-state index in [0.717, 1.165) is 16.4 Å². The van der Waals surface area contributed by atoms with Crippen molar-refractivity contribution in [1.82, 2.24) is 4.40 Å². The molecule has 0 spiro atoms. The Labute approximate surface area is 96.3 Å². The molecule has 0 bridgehead atoms. The van der Waals surface area contributed by atoms with Crippen LogP contribution in [-0.2, 0) is 0 Å². The number of rotatable bonds is 1. The zero-order valence-corrected chi connectivity index (χ0v) is 8.79. The summed E-state index contributed by atoms with van der Waals surface area (Å²) in [7, 11) is 0. The number of hydrogen-bond donors (Lipinski definition) is 2. The molecule has 4 nitrogen and oxygen atoms in total. The van der Waals surface area contributed by atoms with E-state index < -0.39 is 5.97 Å². The second kappa shape index (κ2) is 3.25. The number of pyridine rings is 1. The third-order valence-corrected chi connectivity index (χ3v) is 2.80. The van der Waals surface area contributed by atoms with Crippen LogP contribution in [0.4, 0.5) is 0 Å². The van der Waals surface area contributed by atoms with Crippen molar-refractivity contribution in [2.24, 2.45) is 0 Å². The molecule has 4 heteroatoms. The summed E-state index contributed by atoms with van der Waals surface area (Å²) in [4.78, 5) is 10.9. The third kappa shape index (κ3) is 1.42. The highest BCUT2D eigenvalue weighted by Gasteiger charge is 2.08. The average molecular weight is 227 g/mol. The number of carbonyl (C=O) groups is 1. The number of aromatic carboxylic acids is 1. The Morgan fingerprint density at radius 2 is 1.94 bits per heavy atom. The van der Waals surface area contributed by atoms with Crippen molar-refractivity contribution < 1.29 is 15.0 Å². The zero-order chi connectivity index (χ0) is 12.0. The van der Waals surface area contributed by atoms with Gasteiger partial charge >= 0.3 is 5.97 Å². The number of phenolic OH excluding ortho intramolecular Hbond substituents is 1. The minimum Gasteiger partial charge on any atom is -0.508 e. The van der Waals surface area contributed by atoms with Gasteiger partial charge in [-0.25, -0.2) is 4.79 Å². The molecular weight excluding hydrogens is 218 g/mol. The van der Waals surface area contributed by atoms with Crippen LogP contribution in [-0.4, -0.2) is 20.6 Å². The maximum atomic E-state index is 10.9. The molecule has 0 amide bonds. The van der Waals surface area contributed by atoms with Gasteiger partial charge < -0.3 is 14.6 Å². The van der Waals surface area contributed by atoms with E-state index in [1.165, 1.54) is 0 Å². The lowest BCUT2D eigenvalue weighted by Crippen LogP contribution is -1.92. The monoisotopic (exact) mass is 227 g/mol. The van der Waals surface area contributed by atoms with Gasteiger partial charge in [0.25, 0.3) is 0 Å². The van der Waals surface area contributed by atoms with E-state index in [-0.39, 0.29) is 11.3 Å². The summed E-state index contributed by atoms with van der Waals surface area (Å²) in [6.45, 7) is 0. The smallest absolute Gasteiger partial charge is 0.337 e. The van der Waals surface area contributed by atoms with Gasteiger partial charge in [0, 0.05) is 17.1 Å². The molecule has 17 heavy (non-hydrogen) atoms. The van der Waals surface area contributed by atoms with E-state index >= 15 is 0 Å². The van der Waals surface area contributed by atoms with Crippen molar-refractivity contribution in [3.8, 4) is 5.75 Å². The minimum absolute atomic E-state index is 0.197. The molecule has 0 saturated heterocycles. The fraction of sp³-hybridized carbons (Fsp3) is 0. The van der Waals surface area contributed by atoms with Crippen molar-refractivity contribution in [3.05, 3.63) is 48.2 Å². The minimum atomic E-state index is -0.944. The summed E-state index contributed by atoms with van der Waals surface area (Å²) in [5.41, 5.74) is 1.94. The Bertz CT molecular complexity index is 743. The first kappa shape index (κ1) is 9.72. The van der Waals surface area contributed by atoms with E-state index in [9.17, 15) is 9.90 Å². The Morgan fingerprint density at radius 3 is 2.71 bits per heavy atom. The number of carboxylic acid groups (broad SMARTS) is 1. The SMILES string of the molecule is O=C(O)c1cc2ccc3cc(O)ccc3n2c1. The first-order valence-electron chi connectivity index (χ1n) is 5.12. The molecule has 2 heterocycles. The summed E-state index contributed by atoms with van der Waals surface area (Å²) in [5.74, 6) is -0.747. The van der Waals surface area contributed by atoms with Crippen LogP contribution in [0.2, 0.25) is 0 Å². The maximum Gasteiger partial charge on any atom is 0.337 e. The number of nitrogens with zero attached hydrogens (tertiary/aromatic N) is 1. The Balaban J connectivity index is 2.42. The van der Waals surface area contributed by atoms with E-state index in [1.54, 1.807) is 34.9 Å². The maximum absolute atomic E-state index is 10.9. The van der Waals surface area contributed by atoms with Gasteiger partial charge in [0.1, 0.15) is 5.75 Å². The third-order valence-electron chi connectivity index (χ3n) is 2.80. The lowest BCUT2D eigenvalue weighted by atomic mass is 10.2. The molecule has 0 aliphatic carbocycles. The average Bonchev–Trinajstić information content (AvgIpc) is 2.72. The molecule has 84 valence electrons. The van der Waals surface area contributed by atoms with Crippen LogP contribution in [0.1, 0.15) is 10.4 Å². The van der Waals surface area contributed by atoms with Crippen LogP contribution in [0.25, 0.3) is 16.4 Å². The fourth-order valence-corrected chi connectivity index (χ4v) is 2.00. The van der Waals surface area contributed by atoms with E-state index in [2.05, 4.69) is 0 Å².